The highest BCUT2D eigenvalue weighted by atomic mass is 35.5. The largest absolute Gasteiger partial charge is 0.477 e. The highest BCUT2D eigenvalue weighted by Gasteiger charge is 2.32. The summed E-state index contributed by atoms with van der Waals surface area (Å²) in [5.41, 5.74) is -3.93. The summed E-state index contributed by atoms with van der Waals surface area (Å²) in [4.78, 5) is 31.3. The molecule has 1 unspecified atom stereocenters. The maximum absolute atomic E-state index is 14.0. The zero-order chi connectivity index (χ0) is 33.1. The van der Waals surface area contributed by atoms with E-state index in [9.17, 15) is 23.5 Å². The van der Waals surface area contributed by atoms with Crippen LogP contribution in [0.1, 0.15) is 96.7 Å². The fourth-order valence-corrected chi connectivity index (χ4v) is 3.00. The van der Waals surface area contributed by atoms with E-state index in [1.54, 1.807) is 6.92 Å². The number of rotatable bonds is 5. The van der Waals surface area contributed by atoms with Crippen LogP contribution in [-0.2, 0) is 5.69 Å². The first-order valence-electron chi connectivity index (χ1n) is 13.6. The van der Waals surface area contributed by atoms with Gasteiger partial charge in [-0.05, 0) is 25.5 Å². The summed E-state index contributed by atoms with van der Waals surface area (Å²) in [5.74, 6) is -3.97. The van der Waals surface area contributed by atoms with Crippen molar-refractivity contribution in [3.63, 3.8) is 0 Å². The van der Waals surface area contributed by atoms with Crippen LogP contribution in [0.2, 0.25) is 5.02 Å². The van der Waals surface area contributed by atoms with Crippen LogP contribution in [0.15, 0.2) is 35.4 Å². The molecule has 0 spiro atoms. The predicted octanol–water partition coefficient (Wildman–Crippen LogP) is 7.36. The zero-order valence-electron chi connectivity index (χ0n) is 26.1. The third-order valence-electron chi connectivity index (χ3n) is 4.25. The van der Waals surface area contributed by atoms with Gasteiger partial charge in [-0.15, -0.1) is 0 Å². The van der Waals surface area contributed by atoms with Crippen molar-refractivity contribution in [2.24, 2.45) is 0 Å². The van der Waals surface area contributed by atoms with Gasteiger partial charge in [-0.2, -0.15) is 0 Å². The van der Waals surface area contributed by atoms with Gasteiger partial charge >= 0.3 is 5.97 Å². The van der Waals surface area contributed by atoms with Crippen molar-refractivity contribution in [1.29, 1.82) is 0 Å². The van der Waals surface area contributed by atoms with Crippen molar-refractivity contribution >= 4 is 25.4 Å². The predicted molar refractivity (Wildman–Crippen MR) is 162 cm³/mol. The first-order chi connectivity index (χ1) is 19.4. The fourth-order valence-electron chi connectivity index (χ4n) is 2.82. The van der Waals surface area contributed by atoms with Crippen molar-refractivity contribution in [3.8, 4) is 11.4 Å². The molecule has 228 valence electrons. The van der Waals surface area contributed by atoms with E-state index < -0.39 is 45.3 Å². The molecular formula is C29H43BClF2N3O5. The lowest BCUT2D eigenvalue weighted by atomic mass is 9.90. The smallest absolute Gasteiger partial charge is 0.354 e. The van der Waals surface area contributed by atoms with E-state index in [1.807, 2.05) is 69.2 Å². The topological polar surface area (TPSA) is 115 Å². The van der Waals surface area contributed by atoms with Gasteiger partial charge in [0.15, 0.2) is 13.7 Å². The molecule has 0 fully saturated rings. The number of hydrogen-bond acceptors (Lipinski definition) is 6. The lowest BCUT2D eigenvalue weighted by Crippen LogP contribution is -2.36. The number of carbonyl (C=O) groups is 1. The molecular weight excluding hydrogens is 555 g/mol. The Morgan fingerprint density at radius 2 is 1.46 bits per heavy atom. The first-order valence-corrected chi connectivity index (χ1v) is 13.9. The van der Waals surface area contributed by atoms with Gasteiger partial charge in [0.1, 0.15) is 28.0 Å². The van der Waals surface area contributed by atoms with Gasteiger partial charge in [-0.25, -0.2) is 23.5 Å². The summed E-state index contributed by atoms with van der Waals surface area (Å²) in [6.07, 6.45) is 1.90. The maximum Gasteiger partial charge on any atom is 0.354 e. The summed E-state index contributed by atoms with van der Waals surface area (Å²) < 4.78 is 33.3. The van der Waals surface area contributed by atoms with E-state index in [-0.39, 0.29) is 17.1 Å². The van der Waals surface area contributed by atoms with Gasteiger partial charge in [0.25, 0.3) is 5.56 Å². The molecule has 12 heteroatoms. The van der Waals surface area contributed by atoms with E-state index in [0.29, 0.717) is 17.8 Å². The van der Waals surface area contributed by atoms with Crippen molar-refractivity contribution in [2.45, 2.75) is 88.8 Å². The number of carboxylic acids is 1. The van der Waals surface area contributed by atoms with Crippen LogP contribution in [0.4, 0.5) is 8.78 Å². The number of ether oxygens (including phenoxy) is 1. The Morgan fingerprint density at radius 3 is 1.93 bits per heavy atom. The molecule has 8 nitrogen and oxygen atoms in total. The second-order valence-electron chi connectivity index (χ2n) is 6.55. The highest BCUT2D eigenvalue weighted by Crippen LogP contribution is 2.30. The van der Waals surface area contributed by atoms with Crippen LogP contribution < -0.4 is 10.3 Å². The molecule has 0 aliphatic heterocycles. The Hall–Kier alpha value is -3.31. The molecule has 0 aromatic carbocycles. The zero-order valence-corrected chi connectivity index (χ0v) is 26.8. The number of aromatic nitrogens is 3. The van der Waals surface area contributed by atoms with Crippen LogP contribution in [0.5, 0.6) is 5.75 Å². The van der Waals surface area contributed by atoms with Crippen molar-refractivity contribution in [1.82, 2.24) is 14.5 Å². The van der Waals surface area contributed by atoms with Gasteiger partial charge in [-0.3, -0.25) is 9.36 Å². The molecule has 0 saturated carbocycles. The van der Waals surface area contributed by atoms with Gasteiger partial charge in [0, 0.05) is 24.0 Å². The van der Waals surface area contributed by atoms with Crippen LogP contribution in [0.25, 0.3) is 5.69 Å². The molecule has 0 bridgehead atoms. The third-order valence-corrected chi connectivity index (χ3v) is 4.60. The molecule has 0 aliphatic carbocycles. The summed E-state index contributed by atoms with van der Waals surface area (Å²) >= 11 is 6.10. The SMILES string of the molecule is CC.CC.CC.CC.CC.[B]C(O)(Oc1cc(C)n(-c2cc(C(=O)O)ncc2C)c(=O)c1Cl)c1ncc(F)cc1F. The van der Waals surface area contributed by atoms with Crippen LogP contribution in [0, 0.1) is 25.5 Å². The number of pyridine rings is 3. The van der Waals surface area contributed by atoms with Gasteiger partial charge < -0.3 is 14.9 Å². The Kier molecular flexibility index (Phi) is 22.1. The average molecular weight is 598 g/mol. The molecule has 0 saturated heterocycles. The highest BCUT2D eigenvalue weighted by molar-refractivity contribution is 6.32. The van der Waals surface area contributed by atoms with E-state index >= 15 is 0 Å². The van der Waals surface area contributed by atoms with E-state index in [4.69, 9.17) is 29.3 Å². The normalized spacial score (nSPS) is 10.5. The number of aliphatic hydroxyl groups is 1. The number of aryl methyl sites for hydroxylation is 2. The minimum Gasteiger partial charge on any atom is -0.477 e. The summed E-state index contributed by atoms with van der Waals surface area (Å²) in [7, 11) is 5.58. The van der Waals surface area contributed by atoms with Crippen LogP contribution >= 0.6 is 11.6 Å². The molecule has 2 radical (unpaired) electrons. The van der Waals surface area contributed by atoms with Gasteiger partial charge in [0.05, 0.1) is 11.9 Å². The standard InChI is InChI=1S/C19H13BClF2N3O5.5C2H6/c1-8-6-24-12(18(28)29)5-13(8)26-9(2)3-14(15(21)17(26)27)31-19(20,30)16-11(23)4-10(22)7-25-16;5*1-2/h3-7,30H,1-2H3,(H,28,29);5*1-2H3. The van der Waals surface area contributed by atoms with Gasteiger partial charge in [0.2, 0.25) is 5.69 Å². The molecule has 3 aromatic rings. The molecule has 2 N–H and O–H groups in total. The van der Waals surface area contributed by atoms with E-state index in [1.165, 1.54) is 25.3 Å². The Bertz CT molecular complexity index is 1270. The Morgan fingerprint density at radius 1 is 0.951 bits per heavy atom. The Labute approximate surface area is 248 Å². The molecule has 41 heavy (non-hydrogen) atoms. The summed E-state index contributed by atoms with van der Waals surface area (Å²) in [6, 6.07) is 2.86. The summed E-state index contributed by atoms with van der Waals surface area (Å²) in [6.45, 7) is 23.1. The molecule has 0 aliphatic rings. The fraction of sp³-hybridized carbons (Fsp3) is 0.448. The van der Waals surface area contributed by atoms with Crippen molar-refractivity contribution in [2.75, 3.05) is 0 Å². The number of aromatic carboxylic acids is 1. The quantitative estimate of drug-likeness (QED) is 0.233. The minimum absolute atomic E-state index is 0.206. The maximum atomic E-state index is 14.0. The van der Waals surface area contributed by atoms with Crippen molar-refractivity contribution < 1.29 is 28.5 Å². The monoisotopic (exact) mass is 597 g/mol. The van der Waals surface area contributed by atoms with Gasteiger partial charge in [-0.1, -0.05) is 80.8 Å². The number of hydrogen-bond donors (Lipinski definition) is 2. The lowest BCUT2D eigenvalue weighted by Gasteiger charge is -2.26. The molecule has 3 aromatic heterocycles. The summed E-state index contributed by atoms with van der Waals surface area (Å²) in [5, 5.41) is 19.0. The third kappa shape index (κ3) is 11.6. The van der Waals surface area contributed by atoms with Crippen molar-refractivity contribution in [3.05, 3.63) is 80.2 Å². The number of nitrogens with zero attached hydrogens (tertiary/aromatic N) is 3. The first kappa shape index (κ1) is 42.2. The Balaban J connectivity index is -0.00000130. The second-order valence-corrected chi connectivity index (χ2v) is 6.93. The number of carboxylic acid groups (broad SMARTS) is 1. The number of halogens is 3. The molecule has 0 amide bonds. The van der Waals surface area contributed by atoms with Crippen LogP contribution in [0.3, 0.4) is 0 Å². The molecule has 1 atom stereocenters. The van der Waals surface area contributed by atoms with Crippen LogP contribution in [-0.4, -0.2) is 38.6 Å². The van der Waals surface area contributed by atoms with E-state index in [2.05, 4.69) is 9.97 Å². The molecule has 3 heterocycles. The molecule has 3 rings (SSSR count). The second kappa shape index (κ2) is 21.4. The minimum atomic E-state index is -2.88. The van der Waals surface area contributed by atoms with E-state index in [0.717, 1.165) is 4.57 Å². The lowest BCUT2D eigenvalue weighted by molar-refractivity contribution is -0.0736. The average Bonchev–Trinajstić information content (AvgIpc) is 2.97.